The average molecular weight is 315 g/mol. The molecule has 0 atom stereocenters. The van der Waals surface area contributed by atoms with E-state index in [-0.39, 0.29) is 18.7 Å². The normalized spacial score (nSPS) is 11.4. The van der Waals surface area contributed by atoms with Gasteiger partial charge < -0.3 is 10.4 Å². The molecule has 0 radical (unpaired) electrons. The first-order valence-electron chi connectivity index (χ1n) is 6.06. The molecule has 2 N–H and O–H groups in total. The molecular formula is C14H12F3NO2S. The zero-order valence-corrected chi connectivity index (χ0v) is 11.6. The van der Waals surface area contributed by atoms with E-state index in [9.17, 15) is 18.0 Å². The SMILES string of the molecule is O=C(O)Cc1ccc(CNc2ccccc2C(F)(F)F)s1. The van der Waals surface area contributed by atoms with Crippen LogP contribution in [0.4, 0.5) is 18.9 Å². The minimum atomic E-state index is -4.41. The highest BCUT2D eigenvalue weighted by Gasteiger charge is 2.33. The molecule has 0 aliphatic carbocycles. The van der Waals surface area contributed by atoms with Gasteiger partial charge in [0.25, 0.3) is 0 Å². The van der Waals surface area contributed by atoms with Gasteiger partial charge in [0.05, 0.1) is 12.0 Å². The molecule has 1 heterocycles. The lowest BCUT2D eigenvalue weighted by atomic mass is 10.1. The zero-order valence-electron chi connectivity index (χ0n) is 10.8. The second kappa shape index (κ2) is 6.17. The van der Waals surface area contributed by atoms with Crippen LogP contribution in [-0.2, 0) is 23.9 Å². The fraction of sp³-hybridized carbons (Fsp3) is 0.214. The van der Waals surface area contributed by atoms with E-state index < -0.39 is 17.7 Å². The van der Waals surface area contributed by atoms with Crippen molar-refractivity contribution in [1.82, 2.24) is 0 Å². The van der Waals surface area contributed by atoms with Crippen molar-refractivity contribution in [3.8, 4) is 0 Å². The van der Waals surface area contributed by atoms with Crippen molar-refractivity contribution in [1.29, 1.82) is 0 Å². The monoisotopic (exact) mass is 315 g/mol. The Morgan fingerprint density at radius 3 is 2.48 bits per heavy atom. The molecule has 2 rings (SSSR count). The maximum atomic E-state index is 12.8. The van der Waals surface area contributed by atoms with E-state index >= 15 is 0 Å². The molecule has 0 saturated carbocycles. The van der Waals surface area contributed by atoms with Crippen LogP contribution in [0.25, 0.3) is 0 Å². The maximum Gasteiger partial charge on any atom is 0.418 e. The van der Waals surface area contributed by atoms with Crippen LogP contribution in [0, 0.1) is 0 Å². The second-order valence-electron chi connectivity index (χ2n) is 4.34. The minimum absolute atomic E-state index is 0.0122. The van der Waals surface area contributed by atoms with Gasteiger partial charge in [0.1, 0.15) is 0 Å². The highest BCUT2D eigenvalue weighted by Crippen LogP contribution is 2.34. The quantitative estimate of drug-likeness (QED) is 0.876. The molecule has 0 aliphatic heterocycles. The molecular weight excluding hydrogens is 303 g/mol. The number of thiophene rings is 1. The Morgan fingerprint density at radius 1 is 1.14 bits per heavy atom. The Labute approximate surface area is 123 Å². The number of halogens is 3. The van der Waals surface area contributed by atoms with Gasteiger partial charge >= 0.3 is 12.1 Å². The first kappa shape index (κ1) is 15.4. The van der Waals surface area contributed by atoms with Crippen LogP contribution >= 0.6 is 11.3 Å². The molecule has 0 unspecified atom stereocenters. The van der Waals surface area contributed by atoms with Gasteiger partial charge in [0, 0.05) is 22.0 Å². The van der Waals surface area contributed by atoms with E-state index in [1.54, 1.807) is 12.1 Å². The van der Waals surface area contributed by atoms with E-state index in [2.05, 4.69) is 5.32 Å². The molecule has 0 aliphatic rings. The highest BCUT2D eigenvalue weighted by molar-refractivity contribution is 7.12. The third-order valence-electron chi connectivity index (χ3n) is 2.73. The lowest BCUT2D eigenvalue weighted by Gasteiger charge is -2.13. The summed E-state index contributed by atoms with van der Waals surface area (Å²) < 4.78 is 38.5. The van der Waals surface area contributed by atoms with Crippen LogP contribution in [0.2, 0.25) is 0 Å². The van der Waals surface area contributed by atoms with Crippen LogP contribution in [-0.4, -0.2) is 11.1 Å². The molecule has 0 spiro atoms. The number of carboxylic acids is 1. The molecule has 112 valence electrons. The summed E-state index contributed by atoms with van der Waals surface area (Å²) in [5.74, 6) is -0.932. The molecule has 0 bridgehead atoms. The number of benzene rings is 1. The number of carbonyl (C=O) groups is 1. The largest absolute Gasteiger partial charge is 0.481 e. The first-order valence-corrected chi connectivity index (χ1v) is 6.87. The van der Waals surface area contributed by atoms with E-state index in [1.807, 2.05) is 0 Å². The molecule has 7 heteroatoms. The lowest BCUT2D eigenvalue weighted by Crippen LogP contribution is -2.10. The van der Waals surface area contributed by atoms with Crippen LogP contribution in [0.3, 0.4) is 0 Å². The van der Waals surface area contributed by atoms with Crippen molar-refractivity contribution in [2.24, 2.45) is 0 Å². The van der Waals surface area contributed by atoms with E-state index in [1.165, 1.54) is 29.5 Å². The van der Waals surface area contributed by atoms with Crippen LogP contribution in [0.5, 0.6) is 0 Å². The van der Waals surface area contributed by atoms with Gasteiger partial charge in [-0.2, -0.15) is 13.2 Å². The Bertz CT molecular complexity index is 637. The van der Waals surface area contributed by atoms with Crippen molar-refractivity contribution < 1.29 is 23.1 Å². The summed E-state index contributed by atoms with van der Waals surface area (Å²) in [5.41, 5.74) is -0.703. The zero-order chi connectivity index (χ0) is 15.5. The maximum absolute atomic E-state index is 12.8. The molecule has 21 heavy (non-hydrogen) atoms. The summed E-state index contributed by atoms with van der Waals surface area (Å²) in [6.07, 6.45) is -4.49. The summed E-state index contributed by atoms with van der Waals surface area (Å²) in [7, 11) is 0. The third-order valence-corrected chi connectivity index (χ3v) is 3.81. The predicted molar refractivity (Wildman–Crippen MR) is 74.4 cm³/mol. The molecule has 0 fully saturated rings. The standard InChI is InChI=1S/C14H12F3NO2S/c15-14(16,17)11-3-1-2-4-12(11)18-8-10-6-5-9(21-10)7-13(19)20/h1-6,18H,7-8H2,(H,19,20). The summed E-state index contributed by atoms with van der Waals surface area (Å²) in [4.78, 5) is 12.0. The van der Waals surface area contributed by atoms with Crippen molar-refractivity contribution in [3.63, 3.8) is 0 Å². The van der Waals surface area contributed by atoms with Crippen LogP contribution < -0.4 is 5.32 Å². The van der Waals surface area contributed by atoms with Gasteiger partial charge in [-0.15, -0.1) is 11.3 Å². The van der Waals surface area contributed by atoms with Gasteiger partial charge in [0.2, 0.25) is 0 Å². The summed E-state index contributed by atoms with van der Waals surface area (Å²) in [6.45, 7) is 0.220. The number of rotatable bonds is 5. The summed E-state index contributed by atoms with van der Waals surface area (Å²) in [5, 5.41) is 11.4. The van der Waals surface area contributed by atoms with Crippen LogP contribution in [0.15, 0.2) is 36.4 Å². The molecule has 2 aromatic rings. The summed E-state index contributed by atoms with van der Waals surface area (Å²) >= 11 is 1.27. The van der Waals surface area contributed by atoms with Gasteiger partial charge in [-0.25, -0.2) is 0 Å². The number of nitrogens with one attached hydrogen (secondary N) is 1. The number of aliphatic carboxylic acids is 1. The number of carboxylic acid groups (broad SMARTS) is 1. The van der Waals surface area contributed by atoms with Gasteiger partial charge in [0.15, 0.2) is 0 Å². The smallest absolute Gasteiger partial charge is 0.418 e. The number of hydrogen-bond donors (Lipinski definition) is 2. The lowest BCUT2D eigenvalue weighted by molar-refractivity contribution is -0.137. The van der Waals surface area contributed by atoms with E-state index in [4.69, 9.17) is 5.11 Å². The van der Waals surface area contributed by atoms with Crippen molar-refractivity contribution in [2.75, 3.05) is 5.32 Å². The van der Waals surface area contributed by atoms with E-state index in [0.29, 0.717) is 4.88 Å². The van der Waals surface area contributed by atoms with Crippen molar-refractivity contribution >= 4 is 23.0 Å². The Kier molecular flexibility index (Phi) is 4.52. The van der Waals surface area contributed by atoms with Gasteiger partial charge in [-0.3, -0.25) is 4.79 Å². The Morgan fingerprint density at radius 2 is 1.81 bits per heavy atom. The Hall–Kier alpha value is -2.02. The first-order chi connectivity index (χ1) is 9.86. The molecule has 0 saturated heterocycles. The summed E-state index contributed by atoms with van der Waals surface area (Å²) in [6, 6.07) is 8.64. The van der Waals surface area contributed by atoms with Crippen molar-refractivity contribution in [3.05, 3.63) is 51.7 Å². The number of anilines is 1. The van der Waals surface area contributed by atoms with Crippen molar-refractivity contribution in [2.45, 2.75) is 19.1 Å². The van der Waals surface area contributed by atoms with Gasteiger partial charge in [-0.05, 0) is 24.3 Å². The minimum Gasteiger partial charge on any atom is -0.481 e. The third kappa shape index (κ3) is 4.22. The average Bonchev–Trinajstić information content (AvgIpc) is 2.82. The highest BCUT2D eigenvalue weighted by atomic mass is 32.1. The topological polar surface area (TPSA) is 49.3 Å². The van der Waals surface area contributed by atoms with E-state index in [0.717, 1.165) is 10.9 Å². The van der Waals surface area contributed by atoms with Gasteiger partial charge in [-0.1, -0.05) is 12.1 Å². The number of alkyl halides is 3. The second-order valence-corrected chi connectivity index (χ2v) is 5.59. The molecule has 1 aromatic heterocycles. The molecule has 0 amide bonds. The molecule has 3 nitrogen and oxygen atoms in total. The molecule has 1 aromatic carbocycles. The fourth-order valence-corrected chi connectivity index (χ4v) is 2.78. The predicted octanol–water partition coefficient (Wildman–Crippen LogP) is 4.01. The van der Waals surface area contributed by atoms with Crippen LogP contribution in [0.1, 0.15) is 15.3 Å². The number of para-hydroxylation sites is 1. The fourth-order valence-electron chi connectivity index (χ4n) is 1.83. The number of hydrogen-bond acceptors (Lipinski definition) is 3. The Balaban J connectivity index is 2.07.